The summed E-state index contributed by atoms with van der Waals surface area (Å²) in [5.74, 6) is -1.38. The highest BCUT2D eigenvalue weighted by Gasteiger charge is 2.61. The minimum atomic E-state index is -2.41. The van der Waals surface area contributed by atoms with E-state index in [1.807, 2.05) is 0 Å². The zero-order valence-electron chi connectivity index (χ0n) is 14.6. The Morgan fingerprint density at radius 3 is 2.36 bits per heavy atom. The second-order valence-electron chi connectivity index (χ2n) is 7.53. The maximum Gasteiger partial charge on any atom is 0.411 e. The number of amides is 1. The number of carbonyl (C=O) groups excluding carboxylic acids is 1. The number of carboxylic acid groups (broad SMARTS) is 1. The fourth-order valence-electron chi connectivity index (χ4n) is 3.11. The van der Waals surface area contributed by atoms with Gasteiger partial charge in [-0.1, -0.05) is 30.3 Å². The van der Waals surface area contributed by atoms with Gasteiger partial charge in [-0.25, -0.2) is 18.4 Å². The summed E-state index contributed by atoms with van der Waals surface area (Å²) in [7, 11) is 0. The van der Waals surface area contributed by atoms with E-state index >= 15 is 0 Å². The van der Waals surface area contributed by atoms with Crippen molar-refractivity contribution in [3.63, 3.8) is 0 Å². The number of likely N-dealkylation sites (tertiary alicyclic amines) is 1. The number of benzene rings is 1. The molecule has 0 spiro atoms. The number of carbonyl (C=O) groups is 2. The van der Waals surface area contributed by atoms with Crippen LogP contribution in [0.25, 0.3) is 0 Å². The fourth-order valence-corrected chi connectivity index (χ4v) is 3.11. The Morgan fingerprint density at radius 1 is 1.28 bits per heavy atom. The Hall–Kier alpha value is -2.18. The van der Waals surface area contributed by atoms with Gasteiger partial charge in [0.25, 0.3) is 0 Å². The molecule has 138 valence electrons. The molecule has 1 aliphatic rings. The molecular weight excluding hydrogens is 332 g/mol. The Morgan fingerprint density at radius 2 is 1.88 bits per heavy atom. The highest BCUT2D eigenvalue weighted by atomic mass is 19.2. The zero-order chi connectivity index (χ0) is 18.9. The van der Waals surface area contributed by atoms with Crippen molar-refractivity contribution in [1.82, 2.24) is 4.90 Å². The molecule has 0 bridgehead atoms. The molecule has 25 heavy (non-hydrogen) atoms. The summed E-state index contributed by atoms with van der Waals surface area (Å²) in [6.07, 6.45) is -1.72. The van der Waals surface area contributed by atoms with Crippen LogP contribution in [0.5, 0.6) is 0 Å². The predicted molar refractivity (Wildman–Crippen MR) is 87.9 cm³/mol. The van der Waals surface area contributed by atoms with E-state index in [0.29, 0.717) is 5.56 Å². The molecule has 0 radical (unpaired) electrons. The van der Waals surface area contributed by atoms with E-state index in [9.17, 15) is 23.5 Å². The molecule has 2 rings (SSSR count). The van der Waals surface area contributed by atoms with E-state index in [1.54, 1.807) is 51.1 Å². The third kappa shape index (κ3) is 4.08. The summed E-state index contributed by atoms with van der Waals surface area (Å²) >= 11 is 0. The van der Waals surface area contributed by atoms with Gasteiger partial charge in [-0.2, -0.15) is 0 Å². The molecule has 1 N–H and O–H groups in total. The van der Waals surface area contributed by atoms with Crippen LogP contribution in [0, 0.1) is 0 Å². The first-order chi connectivity index (χ1) is 11.5. The van der Waals surface area contributed by atoms with Crippen LogP contribution in [0.3, 0.4) is 0 Å². The highest BCUT2D eigenvalue weighted by Crippen LogP contribution is 2.42. The number of alkyl halides is 2. The van der Waals surface area contributed by atoms with E-state index < -0.39 is 48.5 Å². The number of ether oxygens (including phenoxy) is 1. The standard InChI is InChI=1S/C18H23F2NO4/c1-16(2,3)25-15(24)21-12-17(20,11-19)10-18(21,14(22)23)9-13-7-5-4-6-8-13/h4-8H,9-12H2,1-3H3,(H,22,23)/t17-,18-/m0/s1. The molecule has 7 heteroatoms. The van der Waals surface area contributed by atoms with Crippen LogP contribution < -0.4 is 0 Å². The van der Waals surface area contributed by atoms with E-state index in [1.165, 1.54) is 0 Å². The fraction of sp³-hybridized carbons (Fsp3) is 0.556. The van der Waals surface area contributed by atoms with Gasteiger partial charge in [0.05, 0.1) is 6.54 Å². The molecule has 0 saturated carbocycles. The molecule has 1 fully saturated rings. The lowest BCUT2D eigenvalue weighted by molar-refractivity contribution is -0.149. The van der Waals surface area contributed by atoms with Crippen LogP contribution in [0.1, 0.15) is 32.8 Å². The smallest absolute Gasteiger partial charge is 0.411 e. The number of aliphatic carboxylic acids is 1. The molecule has 0 aliphatic carbocycles. The number of hydrogen-bond acceptors (Lipinski definition) is 3. The largest absolute Gasteiger partial charge is 0.479 e. The summed E-state index contributed by atoms with van der Waals surface area (Å²) in [6, 6.07) is 8.57. The number of hydrogen-bond donors (Lipinski definition) is 1. The van der Waals surface area contributed by atoms with E-state index in [2.05, 4.69) is 0 Å². The lowest BCUT2D eigenvalue weighted by atomic mass is 9.85. The summed E-state index contributed by atoms with van der Waals surface area (Å²) < 4.78 is 33.2. The molecule has 5 nitrogen and oxygen atoms in total. The lowest BCUT2D eigenvalue weighted by Crippen LogP contribution is -2.55. The van der Waals surface area contributed by atoms with Crippen molar-refractivity contribution < 1.29 is 28.2 Å². The van der Waals surface area contributed by atoms with Gasteiger partial charge in [0.15, 0.2) is 11.2 Å². The van der Waals surface area contributed by atoms with Gasteiger partial charge >= 0.3 is 12.1 Å². The number of nitrogens with zero attached hydrogens (tertiary/aromatic N) is 1. The zero-order valence-corrected chi connectivity index (χ0v) is 14.6. The Balaban J connectivity index is 2.44. The summed E-state index contributed by atoms with van der Waals surface area (Å²) in [5, 5.41) is 9.83. The summed E-state index contributed by atoms with van der Waals surface area (Å²) in [5.41, 5.74) is -4.58. The van der Waals surface area contributed by atoms with Gasteiger partial charge in [0.2, 0.25) is 0 Å². The number of carboxylic acids is 1. The second kappa shape index (κ2) is 6.61. The van der Waals surface area contributed by atoms with Crippen LogP contribution in [0.2, 0.25) is 0 Å². The maximum atomic E-state index is 14.8. The monoisotopic (exact) mass is 355 g/mol. The molecular formula is C18H23F2NO4. The van der Waals surface area contributed by atoms with Crippen molar-refractivity contribution in [1.29, 1.82) is 0 Å². The first-order valence-electron chi connectivity index (χ1n) is 8.04. The molecule has 1 heterocycles. The third-order valence-electron chi connectivity index (χ3n) is 4.16. The van der Waals surface area contributed by atoms with Gasteiger partial charge in [0, 0.05) is 12.8 Å². The molecule has 1 saturated heterocycles. The van der Waals surface area contributed by atoms with Gasteiger partial charge in [-0.15, -0.1) is 0 Å². The van der Waals surface area contributed by atoms with Crippen LogP contribution in [0.4, 0.5) is 13.6 Å². The molecule has 1 aliphatic heterocycles. The summed E-state index contributed by atoms with van der Waals surface area (Å²) in [4.78, 5) is 25.4. The SMILES string of the molecule is CC(C)(C)OC(=O)N1C[C@@](F)(CF)C[C@@]1(Cc1ccccc1)C(=O)O. The summed E-state index contributed by atoms with van der Waals surface area (Å²) in [6.45, 7) is 2.85. The van der Waals surface area contributed by atoms with Gasteiger partial charge in [0.1, 0.15) is 12.3 Å². The second-order valence-corrected chi connectivity index (χ2v) is 7.53. The van der Waals surface area contributed by atoms with Gasteiger partial charge in [-0.3, -0.25) is 4.90 Å². The molecule has 0 aromatic heterocycles. The average Bonchev–Trinajstić information content (AvgIpc) is 2.82. The molecule has 1 amide bonds. The maximum absolute atomic E-state index is 14.8. The van der Waals surface area contributed by atoms with Crippen molar-refractivity contribution in [2.75, 3.05) is 13.2 Å². The quantitative estimate of drug-likeness (QED) is 0.899. The Kier molecular flexibility index (Phi) is 5.06. The Bertz CT molecular complexity index is 646. The average molecular weight is 355 g/mol. The molecule has 1 aromatic carbocycles. The lowest BCUT2D eigenvalue weighted by Gasteiger charge is -2.35. The van der Waals surface area contributed by atoms with Crippen molar-refractivity contribution in [2.24, 2.45) is 0 Å². The molecule has 0 unspecified atom stereocenters. The normalized spacial score (nSPS) is 26.5. The van der Waals surface area contributed by atoms with Crippen LogP contribution in [-0.4, -0.2) is 52.1 Å². The minimum absolute atomic E-state index is 0.131. The van der Waals surface area contributed by atoms with Crippen LogP contribution >= 0.6 is 0 Å². The van der Waals surface area contributed by atoms with Gasteiger partial charge in [-0.05, 0) is 26.3 Å². The van der Waals surface area contributed by atoms with Crippen LogP contribution in [0.15, 0.2) is 30.3 Å². The molecule has 1 aromatic rings. The van der Waals surface area contributed by atoms with Crippen LogP contribution in [-0.2, 0) is 16.0 Å². The van der Waals surface area contributed by atoms with E-state index in [0.717, 1.165) is 4.90 Å². The van der Waals surface area contributed by atoms with Crippen molar-refractivity contribution in [3.8, 4) is 0 Å². The minimum Gasteiger partial charge on any atom is -0.479 e. The highest BCUT2D eigenvalue weighted by molar-refractivity contribution is 5.86. The first kappa shape index (κ1) is 19.1. The van der Waals surface area contributed by atoms with E-state index in [-0.39, 0.29) is 6.42 Å². The topological polar surface area (TPSA) is 66.8 Å². The number of halogens is 2. The third-order valence-corrected chi connectivity index (χ3v) is 4.16. The number of rotatable bonds is 4. The predicted octanol–water partition coefficient (Wildman–Crippen LogP) is 3.37. The van der Waals surface area contributed by atoms with Crippen molar-refractivity contribution in [2.45, 2.75) is 50.4 Å². The first-order valence-corrected chi connectivity index (χ1v) is 8.04. The molecule has 2 atom stereocenters. The van der Waals surface area contributed by atoms with Gasteiger partial charge < -0.3 is 9.84 Å². The van der Waals surface area contributed by atoms with Crippen molar-refractivity contribution >= 4 is 12.1 Å². The Labute approximate surface area is 145 Å². The van der Waals surface area contributed by atoms with Crippen molar-refractivity contribution in [3.05, 3.63) is 35.9 Å². The van der Waals surface area contributed by atoms with E-state index in [4.69, 9.17) is 4.74 Å².